The highest BCUT2D eigenvalue weighted by atomic mass is 16.3. The second-order valence-corrected chi connectivity index (χ2v) is 6.64. The normalized spacial score (nSPS) is 11.1. The number of aromatic nitrogens is 2. The van der Waals surface area contributed by atoms with Gasteiger partial charge >= 0.3 is 0 Å². The Balaban J connectivity index is 1.64. The minimum absolute atomic E-state index is 0.180. The summed E-state index contributed by atoms with van der Waals surface area (Å²) in [5.74, 6) is 0.359. The number of fused-ring (bicyclic) bond motifs is 2. The average Bonchev–Trinajstić information content (AvgIpc) is 2.75. The summed E-state index contributed by atoms with van der Waals surface area (Å²) in [6.45, 7) is 0. The quantitative estimate of drug-likeness (QED) is 0.432. The van der Waals surface area contributed by atoms with E-state index >= 15 is 0 Å². The number of rotatable bonds is 2. The molecule has 3 aromatic carbocycles. The second kappa shape index (κ2) is 6.35. The fraction of sp³-hybridized carbons (Fsp3) is 0. The molecule has 0 aliphatic carbocycles. The highest BCUT2D eigenvalue weighted by Gasteiger charge is 2.10. The van der Waals surface area contributed by atoms with Crippen LogP contribution >= 0.6 is 0 Å². The maximum atomic E-state index is 10.1. The Bertz CT molecular complexity index is 1220. The lowest BCUT2D eigenvalue weighted by atomic mass is 9.95. The number of phenolic OH excluding ortho intramolecular Hbond substituents is 2. The van der Waals surface area contributed by atoms with Crippen molar-refractivity contribution < 1.29 is 10.2 Å². The highest BCUT2D eigenvalue weighted by Crippen LogP contribution is 2.36. The van der Waals surface area contributed by atoms with Crippen LogP contribution in [0.4, 0.5) is 0 Å². The molecule has 4 nitrogen and oxygen atoms in total. The van der Waals surface area contributed by atoms with Crippen LogP contribution in [0.25, 0.3) is 44.1 Å². The highest BCUT2D eigenvalue weighted by molar-refractivity contribution is 5.99. The van der Waals surface area contributed by atoms with E-state index in [0.29, 0.717) is 11.0 Å². The van der Waals surface area contributed by atoms with Crippen LogP contribution in [-0.2, 0) is 0 Å². The largest absolute Gasteiger partial charge is 0.506 e. The second-order valence-electron chi connectivity index (χ2n) is 6.64. The molecule has 0 atom stereocenters. The number of aromatic hydroxyl groups is 2. The molecular formula is C24H16N2O2. The van der Waals surface area contributed by atoms with Gasteiger partial charge in [0.25, 0.3) is 0 Å². The lowest BCUT2D eigenvalue weighted by Crippen LogP contribution is -1.87. The Kier molecular flexibility index (Phi) is 3.69. The van der Waals surface area contributed by atoms with Crippen LogP contribution < -0.4 is 0 Å². The maximum Gasteiger partial charge on any atom is 0.141 e. The molecule has 28 heavy (non-hydrogen) atoms. The molecule has 0 amide bonds. The first-order valence-corrected chi connectivity index (χ1v) is 8.96. The average molecular weight is 364 g/mol. The molecule has 0 spiro atoms. The van der Waals surface area contributed by atoms with Crippen LogP contribution in [-0.4, -0.2) is 20.2 Å². The van der Waals surface area contributed by atoms with Gasteiger partial charge in [0, 0.05) is 23.2 Å². The summed E-state index contributed by atoms with van der Waals surface area (Å²) in [6, 6.07) is 23.1. The van der Waals surface area contributed by atoms with E-state index in [1.807, 2.05) is 36.4 Å². The minimum atomic E-state index is 0.180. The Hall–Kier alpha value is -3.92. The van der Waals surface area contributed by atoms with Crippen molar-refractivity contribution in [3.63, 3.8) is 0 Å². The number of phenols is 2. The molecule has 2 heterocycles. The van der Waals surface area contributed by atoms with Gasteiger partial charge in [0.05, 0.1) is 0 Å². The van der Waals surface area contributed by atoms with Crippen molar-refractivity contribution in [2.45, 2.75) is 0 Å². The van der Waals surface area contributed by atoms with Crippen molar-refractivity contribution in [3.8, 4) is 33.8 Å². The van der Waals surface area contributed by atoms with Gasteiger partial charge in [0.1, 0.15) is 22.5 Å². The van der Waals surface area contributed by atoms with E-state index in [-0.39, 0.29) is 11.5 Å². The molecule has 4 heteroatoms. The standard InChI is InChI=1S/C24H16N2O2/c27-21-11-9-17(19-3-1-13-25-23(19)21)15-5-7-16(8-6-15)18-10-12-22(28)24-20(18)4-2-14-26-24/h1-14,27-28H. The predicted octanol–water partition coefficient (Wildman–Crippen LogP) is 5.53. The third-order valence-corrected chi connectivity index (χ3v) is 5.00. The van der Waals surface area contributed by atoms with Crippen molar-refractivity contribution in [2.24, 2.45) is 0 Å². The van der Waals surface area contributed by atoms with E-state index in [0.717, 1.165) is 33.0 Å². The van der Waals surface area contributed by atoms with Gasteiger partial charge in [-0.1, -0.05) is 36.4 Å². The van der Waals surface area contributed by atoms with Crippen molar-refractivity contribution in [1.82, 2.24) is 9.97 Å². The van der Waals surface area contributed by atoms with E-state index in [4.69, 9.17) is 0 Å². The van der Waals surface area contributed by atoms with Gasteiger partial charge in [-0.3, -0.25) is 9.97 Å². The minimum Gasteiger partial charge on any atom is -0.506 e. The third-order valence-electron chi connectivity index (χ3n) is 5.00. The Morgan fingerprint density at radius 3 is 1.36 bits per heavy atom. The van der Waals surface area contributed by atoms with Gasteiger partial charge < -0.3 is 10.2 Å². The van der Waals surface area contributed by atoms with E-state index in [1.165, 1.54) is 0 Å². The monoisotopic (exact) mass is 364 g/mol. The molecule has 0 aliphatic rings. The Morgan fingerprint density at radius 2 is 0.929 bits per heavy atom. The zero-order chi connectivity index (χ0) is 19.1. The number of hydrogen-bond acceptors (Lipinski definition) is 4. The Morgan fingerprint density at radius 1 is 0.500 bits per heavy atom. The van der Waals surface area contributed by atoms with Gasteiger partial charge in [-0.25, -0.2) is 0 Å². The molecule has 134 valence electrons. The van der Waals surface area contributed by atoms with Gasteiger partial charge in [-0.05, 0) is 58.7 Å². The summed E-state index contributed by atoms with van der Waals surface area (Å²) in [7, 11) is 0. The lowest BCUT2D eigenvalue weighted by Gasteiger charge is -2.10. The van der Waals surface area contributed by atoms with Crippen LogP contribution in [0.3, 0.4) is 0 Å². The van der Waals surface area contributed by atoms with Crippen molar-refractivity contribution >= 4 is 21.8 Å². The number of benzene rings is 3. The first kappa shape index (κ1) is 16.3. The number of hydrogen-bond donors (Lipinski definition) is 2. The molecule has 5 rings (SSSR count). The Labute approximate surface area is 161 Å². The van der Waals surface area contributed by atoms with Crippen molar-refractivity contribution in [1.29, 1.82) is 0 Å². The zero-order valence-electron chi connectivity index (χ0n) is 14.9. The summed E-state index contributed by atoms with van der Waals surface area (Å²) in [4.78, 5) is 8.59. The predicted molar refractivity (Wildman–Crippen MR) is 111 cm³/mol. The molecule has 0 bridgehead atoms. The number of nitrogens with zero attached hydrogens (tertiary/aromatic N) is 2. The van der Waals surface area contributed by atoms with E-state index in [2.05, 4.69) is 34.2 Å². The van der Waals surface area contributed by atoms with Crippen molar-refractivity contribution in [3.05, 3.63) is 85.2 Å². The van der Waals surface area contributed by atoms with Gasteiger partial charge in [0.15, 0.2) is 0 Å². The van der Waals surface area contributed by atoms with E-state index in [9.17, 15) is 10.2 Å². The molecule has 2 N–H and O–H groups in total. The lowest BCUT2D eigenvalue weighted by molar-refractivity contribution is 0.480. The molecule has 0 saturated carbocycles. The molecule has 2 aromatic heterocycles. The molecular weight excluding hydrogens is 348 g/mol. The summed E-state index contributed by atoms with van der Waals surface area (Å²) in [6.07, 6.45) is 3.36. The SMILES string of the molecule is Oc1ccc(-c2ccc(-c3ccc(O)c4ncccc34)cc2)c2cccnc12. The van der Waals surface area contributed by atoms with E-state index < -0.39 is 0 Å². The molecule has 0 saturated heterocycles. The first-order valence-electron chi connectivity index (χ1n) is 8.96. The van der Waals surface area contributed by atoms with Crippen LogP contribution in [0.1, 0.15) is 0 Å². The first-order chi connectivity index (χ1) is 13.7. The fourth-order valence-corrected chi connectivity index (χ4v) is 3.65. The maximum absolute atomic E-state index is 10.1. The van der Waals surface area contributed by atoms with E-state index in [1.54, 1.807) is 24.5 Å². The summed E-state index contributed by atoms with van der Waals surface area (Å²) < 4.78 is 0. The molecule has 0 fully saturated rings. The molecule has 0 aliphatic heterocycles. The zero-order valence-corrected chi connectivity index (χ0v) is 14.9. The third kappa shape index (κ3) is 2.55. The molecule has 5 aromatic rings. The van der Waals surface area contributed by atoms with Gasteiger partial charge in [0.2, 0.25) is 0 Å². The smallest absolute Gasteiger partial charge is 0.141 e. The number of pyridine rings is 2. The fourth-order valence-electron chi connectivity index (χ4n) is 3.65. The summed E-state index contributed by atoms with van der Waals surface area (Å²) in [5, 5.41) is 22.0. The molecule has 0 unspecified atom stereocenters. The van der Waals surface area contributed by atoms with Crippen LogP contribution in [0.5, 0.6) is 11.5 Å². The van der Waals surface area contributed by atoms with Crippen LogP contribution in [0.2, 0.25) is 0 Å². The van der Waals surface area contributed by atoms with Crippen LogP contribution in [0.15, 0.2) is 85.2 Å². The summed E-state index contributed by atoms with van der Waals surface area (Å²) >= 11 is 0. The van der Waals surface area contributed by atoms with Gasteiger partial charge in [-0.2, -0.15) is 0 Å². The van der Waals surface area contributed by atoms with Crippen LogP contribution in [0, 0.1) is 0 Å². The summed E-state index contributed by atoms with van der Waals surface area (Å²) in [5.41, 5.74) is 5.32. The molecule has 0 radical (unpaired) electrons. The van der Waals surface area contributed by atoms with Crippen molar-refractivity contribution in [2.75, 3.05) is 0 Å². The topological polar surface area (TPSA) is 66.2 Å². The van der Waals surface area contributed by atoms with Gasteiger partial charge in [-0.15, -0.1) is 0 Å².